The van der Waals surface area contributed by atoms with Gasteiger partial charge in [0.15, 0.2) is 0 Å². The second-order valence-electron chi connectivity index (χ2n) is 3.42. The number of halogens is 1. The molecule has 0 bridgehead atoms. The van der Waals surface area contributed by atoms with E-state index in [0.717, 1.165) is 21.1 Å². The van der Waals surface area contributed by atoms with Crippen LogP contribution in [0.2, 0.25) is 0 Å². The molecule has 0 spiro atoms. The van der Waals surface area contributed by atoms with Crippen LogP contribution in [0.25, 0.3) is 10.9 Å². The van der Waals surface area contributed by atoms with Gasteiger partial charge in [-0.05, 0) is 25.1 Å². The minimum absolute atomic E-state index is 0.154. The summed E-state index contributed by atoms with van der Waals surface area (Å²) in [5.74, 6) is 0.257. The molecule has 0 saturated carbocycles. The first-order chi connectivity index (χ1) is 7.08. The van der Waals surface area contributed by atoms with Crippen LogP contribution in [-0.2, 0) is 0 Å². The van der Waals surface area contributed by atoms with Crippen LogP contribution in [0.3, 0.4) is 0 Å². The van der Waals surface area contributed by atoms with Gasteiger partial charge in [0, 0.05) is 15.9 Å². The van der Waals surface area contributed by atoms with Crippen LogP contribution < -0.4 is 11.5 Å². The fraction of sp³-hybridized carbons (Fsp3) is 0.200. The zero-order valence-corrected chi connectivity index (χ0v) is 9.82. The van der Waals surface area contributed by atoms with Crippen molar-refractivity contribution in [2.45, 2.75) is 13.0 Å². The highest BCUT2D eigenvalue weighted by Gasteiger charge is 2.09. The molecule has 0 saturated heterocycles. The maximum absolute atomic E-state index is 5.83. The standard InChI is InChI=1S/C10H11BrN4/c1-5(12)9-7-3-2-6(11)4-8(7)14-10(13)15-9/h2-5H,12H2,1H3,(H2,13,14,15). The van der Waals surface area contributed by atoms with Crippen molar-refractivity contribution in [2.75, 3.05) is 5.73 Å². The number of hydrogen-bond donors (Lipinski definition) is 2. The molecule has 5 heteroatoms. The zero-order chi connectivity index (χ0) is 11.0. The van der Waals surface area contributed by atoms with Crippen LogP contribution in [0.15, 0.2) is 22.7 Å². The third-order valence-electron chi connectivity index (χ3n) is 2.14. The smallest absolute Gasteiger partial charge is 0.220 e. The average Bonchev–Trinajstić information content (AvgIpc) is 2.15. The molecule has 1 unspecified atom stereocenters. The van der Waals surface area contributed by atoms with Gasteiger partial charge in [0.25, 0.3) is 0 Å². The van der Waals surface area contributed by atoms with Gasteiger partial charge in [-0.1, -0.05) is 15.9 Å². The Morgan fingerprint density at radius 2 is 2.07 bits per heavy atom. The Morgan fingerprint density at radius 3 is 2.73 bits per heavy atom. The molecule has 0 aliphatic carbocycles. The third-order valence-corrected chi connectivity index (χ3v) is 2.63. The van der Waals surface area contributed by atoms with Gasteiger partial charge >= 0.3 is 0 Å². The van der Waals surface area contributed by atoms with Crippen molar-refractivity contribution in [1.82, 2.24) is 9.97 Å². The highest BCUT2D eigenvalue weighted by Crippen LogP contribution is 2.23. The fourth-order valence-electron chi connectivity index (χ4n) is 1.49. The molecule has 1 atom stereocenters. The Kier molecular flexibility index (Phi) is 2.58. The fourth-order valence-corrected chi connectivity index (χ4v) is 1.84. The lowest BCUT2D eigenvalue weighted by molar-refractivity contribution is 0.789. The molecule has 4 N–H and O–H groups in total. The number of benzene rings is 1. The largest absolute Gasteiger partial charge is 0.368 e. The predicted molar refractivity (Wildman–Crippen MR) is 64.3 cm³/mol. The van der Waals surface area contributed by atoms with Crippen LogP contribution in [-0.4, -0.2) is 9.97 Å². The number of rotatable bonds is 1. The maximum Gasteiger partial charge on any atom is 0.220 e. The van der Waals surface area contributed by atoms with Crippen LogP contribution >= 0.6 is 15.9 Å². The van der Waals surface area contributed by atoms with Gasteiger partial charge < -0.3 is 11.5 Å². The van der Waals surface area contributed by atoms with E-state index in [-0.39, 0.29) is 12.0 Å². The summed E-state index contributed by atoms with van der Waals surface area (Å²) in [6.45, 7) is 1.88. The Hall–Kier alpha value is -1.20. The van der Waals surface area contributed by atoms with E-state index in [1.54, 1.807) is 0 Å². The van der Waals surface area contributed by atoms with Crippen molar-refractivity contribution in [3.63, 3.8) is 0 Å². The minimum atomic E-state index is -0.154. The number of anilines is 1. The second kappa shape index (κ2) is 3.75. The number of nitrogens with zero attached hydrogens (tertiary/aromatic N) is 2. The van der Waals surface area contributed by atoms with Gasteiger partial charge in [0.05, 0.1) is 11.2 Å². The average molecular weight is 267 g/mol. The number of aromatic nitrogens is 2. The van der Waals surface area contributed by atoms with Gasteiger partial charge in [0.2, 0.25) is 5.95 Å². The lowest BCUT2D eigenvalue weighted by Gasteiger charge is -2.09. The molecular weight excluding hydrogens is 256 g/mol. The van der Waals surface area contributed by atoms with E-state index in [0.29, 0.717) is 0 Å². The first-order valence-corrected chi connectivity index (χ1v) is 5.35. The Balaban J connectivity index is 2.80. The molecule has 2 rings (SSSR count). The number of hydrogen-bond acceptors (Lipinski definition) is 4. The van der Waals surface area contributed by atoms with Crippen molar-refractivity contribution in [3.05, 3.63) is 28.4 Å². The lowest BCUT2D eigenvalue weighted by atomic mass is 10.1. The molecule has 4 nitrogen and oxygen atoms in total. The van der Waals surface area contributed by atoms with E-state index in [2.05, 4.69) is 25.9 Å². The molecule has 0 aliphatic heterocycles. The molecule has 0 fully saturated rings. The van der Waals surface area contributed by atoms with E-state index in [9.17, 15) is 0 Å². The Labute approximate surface area is 95.8 Å². The third kappa shape index (κ3) is 1.93. The zero-order valence-electron chi connectivity index (χ0n) is 8.24. The summed E-state index contributed by atoms with van der Waals surface area (Å²) < 4.78 is 0.962. The summed E-state index contributed by atoms with van der Waals surface area (Å²) >= 11 is 3.39. The van der Waals surface area contributed by atoms with Crippen molar-refractivity contribution in [1.29, 1.82) is 0 Å². The van der Waals surface area contributed by atoms with Crippen molar-refractivity contribution < 1.29 is 0 Å². The predicted octanol–water partition coefficient (Wildman–Crippen LogP) is 1.99. The summed E-state index contributed by atoms with van der Waals surface area (Å²) in [7, 11) is 0. The van der Waals surface area contributed by atoms with Crippen molar-refractivity contribution >= 4 is 32.8 Å². The first-order valence-electron chi connectivity index (χ1n) is 4.56. The van der Waals surface area contributed by atoms with E-state index in [4.69, 9.17) is 11.5 Å². The van der Waals surface area contributed by atoms with Crippen LogP contribution in [0.4, 0.5) is 5.95 Å². The normalized spacial score (nSPS) is 13.0. The molecule has 1 aromatic carbocycles. The number of nitrogens with two attached hydrogens (primary N) is 2. The van der Waals surface area contributed by atoms with Crippen LogP contribution in [0, 0.1) is 0 Å². The first kappa shape index (κ1) is 10.3. The van der Waals surface area contributed by atoms with E-state index < -0.39 is 0 Å². The van der Waals surface area contributed by atoms with E-state index in [1.807, 2.05) is 25.1 Å². The second-order valence-corrected chi connectivity index (χ2v) is 4.33. The van der Waals surface area contributed by atoms with Gasteiger partial charge in [-0.15, -0.1) is 0 Å². The van der Waals surface area contributed by atoms with E-state index >= 15 is 0 Å². The van der Waals surface area contributed by atoms with Gasteiger partial charge in [0.1, 0.15) is 0 Å². The molecule has 1 aromatic heterocycles. The molecule has 78 valence electrons. The molecule has 2 aromatic rings. The van der Waals surface area contributed by atoms with Gasteiger partial charge in [-0.25, -0.2) is 9.97 Å². The molecule has 0 radical (unpaired) electrons. The quantitative estimate of drug-likeness (QED) is 0.828. The minimum Gasteiger partial charge on any atom is -0.368 e. The lowest BCUT2D eigenvalue weighted by Crippen LogP contribution is -2.10. The van der Waals surface area contributed by atoms with Gasteiger partial charge in [-0.2, -0.15) is 0 Å². The molecule has 0 aliphatic rings. The highest BCUT2D eigenvalue weighted by atomic mass is 79.9. The SMILES string of the molecule is CC(N)c1nc(N)nc2cc(Br)ccc12. The Morgan fingerprint density at radius 1 is 1.33 bits per heavy atom. The molecule has 15 heavy (non-hydrogen) atoms. The van der Waals surface area contributed by atoms with Gasteiger partial charge in [-0.3, -0.25) is 0 Å². The summed E-state index contributed by atoms with van der Waals surface area (Å²) in [6, 6.07) is 5.63. The van der Waals surface area contributed by atoms with Crippen LogP contribution in [0.1, 0.15) is 18.7 Å². The molecular formula is C10H11BrN4. The van der Waals surface area contributed by atoms with E-state index in [1.165, 1.54) is 0 Å². The number of nitrogen functional groups attached to an aromatic ring is 1. The Bertz CT molecular complexity index is 505. The highest BCUT2D eigenvalue weighted by molar-refractivity contribution is 9.10. The topological polar surface area (TPSA) is 77.8 Å². The number of fused-ring (bicyclic) bond motifs is 1. The summed E-state index contributed by atoms with van der Waals surface area (Å²) in [4.78, 5) is 8.32. The molecule has 0 amide bonds. The monoisotopic (exact) mass is 266 g/mol. The van der Waals surface area contributed by atoms with Crippen molar-refractivity contribution in [3.8, 4) is 0 Å². The van der Waals surface area contributed by atoms with Crippen LogP contribution in [0.5, 0.6) is 0 Å². The summed E-state index contributed by atoms with van der Waals surface area (Å²) in [5.41, 5.74) is 13.0. The molecule has 1 heterocycles. The summed E-state index contributed by atoms with van der Waals surface area (Å²) in [5, 5.41) is 0.947. The van der Waals surface area contributed by atoms with Crippen molar-refractivity contribution in [2.24, 2.45) is 5.73 Å². The summed E-state index contributed by atoms with van der Waals surface area (Å²) in [6.07, 6.45) is 0. The maximum atomic E-state index is 5.83.